The fourth-order valence-corrected chi connectivity index (χ4v) is 2.14. The van der Waals surface area contributed by atoms with Crippen LogP contribution < -0.4 is 0 Å². The van der Waals surface area contributed by atoms with Crippen molar-refractivity contribution < 1.29 is 10.0 Å². The van der Waals surface area contributed by atoms with E-state index in [-0.39, 0.29) is 11.8 Å². The quantitative estimate of drug-likeness (QED) is 0.650. The first kappa shape index (κ1) is 12.3. The molecule has 4 nitrogen and oxygen atoms in total. The number of halogens is 1. The van der Waals surface area contributed by atoms with Crippen molar-refractivity contribution in [2.45, 2.75) is 31.8 Å². The minimum atomic E-state index is -0.464. The Morgan fingerprint density at radius 3 is 2.76 bits per heavy atom. The average molecular weight is 256 g/mol. The Kier molecular flexibility index (Phi) is 3.64. The lowest BCUT2D eigenvalue weighted by Gasteiger charge is -2.09. The van der Waals surface area contributed by atoms with E-state index < -0.39 is 4.92 Å². The standard InChI is InChI=1S/C12H14ClNO3/c13-11-7-10(14(16)17)5-3-8(11)4-6-12(15)9-1-2-9/h3,5,7,9,12,15H,1-2,4,6H2. The molecule has 1 unspecified atom stereocenters. The molecule has 17 heavy (non-hydrogen) atoms. The number of nitro groups is 1. The van der Waals surface area contributed by atoms with Crippen molar-refractivity contribution >= 4 is 17.3 Å². The van der Waals surface area contributed by atoms with Crippen molar-refractivity contribution in [3.05, 3.63) is 38.9 Å². The van der Waals surface area contributed by atoms with Gasteiger partial charge in [0.25, 0.3) is 5.69 Å². The monoisotopic (exact) mass is 255 g/mol. The van der Waals surface area contributed by atoms with Crippen molar-refractivity contribution in [3.8, 4) is 0 Å². The van der Waals surface area contributed by atoms with Gasteiger partial charge in [-0.05, 0) is 37.2 Å². The lowest BCUT2D eigenvalue weighted by molar-refractivity contribution is -0.384. The fourth-order valence-electron chi connectivity index (χ4n) is 1.87. The van der Waals surface area contributed by atoms with Crippen molar-refractivity contribution in [2.75, 3.05) is 0 Å². The number of rotatable bonds is 5. The van der Waals surface area contributed by atoms with Gasteiger partial charge >= 0.3 is 0 Å². The lowest BCUT2D eigenvalue weighted by Crippen LogP contribution is -2.10. The molecule has 5 heteroatoms. The highest BCUT2D eigenvalue weighted by Crippen LogP contribution is 2.35. The molecule has 0 bridgehead atoms. The molecule has 1 N–H and O–H groups in total. The molecule has 0 spiro atoms. The SMILES string of the molecule is O=[N+]([O-])c1ccc(CCC(O)C2CC2)c(Cl)c1. The molecule has 0 amide bonds. The van der Waals surface area contributed by atoms with Crippen LogP contribution in [0.5, 0.6) is 0 Å². The van der Waals surface area contributed by atoms with Crippen LogP contribution in [-0.4, -0.2) is 16.1 Å². The first-order valence-electron chi connectivity index (χ1n) is 5.69. The lowest BCUT2D eigenvalue weighted by atomic mass is 10.0. The molecule has 0 saturated heterocycles. The molecule has 1 aromatic rings. The molecule has 1 aliphatic rings. The van der Waals surface area contributed by atoms with Gasteiger partial charge in [0.1, 0.15) is 0 Å². The molecular formula is C12H14ClNO3. The molecule has 1 atom stereocenters. The summed E-state index contributed by atoms with van der Waals surface area (Å²) in [7, 11) is 0. The number of aliphatic hydroxyl groups is 1. The first-order valence-corrected chi connectivity index (χ1v) is 6.06. The van der Waals surface area contributed by atoms with Crippen molar-refractivity contribution in [2.24, 2.45) is 5.92 Å². The topological polar surface area (TPSA) is 63.4 Å². The number of non-ortho nitro benzene ring substituents is 1. The van der Waals surface area contributed by atoms with Gasteiger partial charge in [-0.15, -0.1) is 0 Å². The number of hydrogen-bond donors (Lipinski definition) is 1. The predicted octanol–water partition coefficient (Wildman–Crippen LogP) is 2.95. The van der Waals surface area contributed by atoms with E-state index in [1.165, 1.54) is 12.1 Å². The van der Waals surface area contributed by atoms with Crippen LogP contribution in [0.15, 0.2) is 18.2 Å². The van der Waals surface area contributed by atoms with Crippen LogP contribution in [0.25, 0.3) is 0 Å². The number of aryl methyl sites for hydroxylation is 1. The Labute approximate surface area is 104 Å². The Bertz CT molecular complexity index is 432. The normalized spacial score (nSPS) is 16.8. The number of nitro benzene ring substituents is 1. The van der Waals surface area contributed by atoms with Gasteiger partial charge in [-0.1, -0.05) is 17.7 Å². The molecule has 92 valence electrons. The van der Waals surface area contributed by atoms with Gasteiger partial charge in [0.15, 0.2) is 0 Å². The number of benzene rings is 1. The van der Waals surface area contributed by atoms with E-state index in [2.05, 4.69) is 0 Å². The Hall–Kier alpha value is -1.13. The van der Waals surface area contributed by atoms with Crippen LogP contribution in [-0.2, 0) is 6.42 Å². The zero-order chi connectivity index (χ0) is 12.4. The van der Waals surface area contributed by atoms with Crippen LogP contribution in [0.4, 0.5) is 5.69 Å². The number of aliphatic hydroxyl groups excluding tert-OH is 1. The van der Waals surface area contributed by atoms with Crippen LogP contribution >= 0.6 is 11.6 Å². The second-order valence-electron chi connectivity index (χ2n) is 4.48. The summed E-state index contributed by atoms with van der Waals surface area (Å²) in [5.74, 6) is 0.451. The van der Waals surface area contributed by atoms with E-state index in [0.29, 0.717) is 23.8 Å². The highest BCUT2D eigenvalue weighted by atomic mass is 35.5. The number of hydrogen-bond acceptors (Lipinski definition) is 3. The third kappa shape index (κ3) is 3.17. The van der Waals surface area contributed by atoms with Crippen LogP contribution in [0.3, 0.4) is 0 Å². The maximum Gasteiger partial charge on any atom is 0.270 e. The van der Waals surface area contributed by atoms with Gasteiger partial charge in [0.05, 0.1) is 16.0 Å². The van der Waals surface area contributed by atoms with Crippen molar-refractivity contribution in [1.82, 2.24) is 0 Å². The van der Waals surface area contributed by atoms with Crippen molar-refractivity contribution in [3.63, 3.8) is 0 Å². The Morgan fingerprint density at radius 1 is 1.53 bits per heavy atom. The van der Waals surface area contributed by atoms with Crippen LogP contribution in [0.1, 0.15) is 24.8 Å². The minimum Gasteiger partial charge on any atom is -0.393 e. The van der Waals surface area contributed by atoms with E-state index in [4.69, 9.17) is 11.6 Å². The zero-order valence-corrected chi connectivity index (χ0v) is 10.1. The average Bonchev–Trinajstić information content (AvgIpc) is 3.10. The maximum absolute atomic E-state index is 10.5. The summed E-state index contributed by atoms with van der Waals surface area (Å²) in [5, 5.41) is 20.7. The molecule has 0 heterocycles. The van der Waals surface area contributed by atoms with E-state index in [1.54, 1.807) is 6.07 Å². The largest absolute Gasteiger partial charge is 0.393 e. The second kappa shape index (κ2) is 5.02. The highest BCUT2D eigenvalue weighted by molar-refractivity contribution is 6.31. The molecule has 0 aromatic heterocycles. The molecule has 0 aliphatic heterocycles. The smallest absolute Gasteiger partial charge is 0.270 e. The van der Waals surface area contributed by atoms with Gasteiger partial charge in [-0.2, -0.15) is 0 Å². The van der Waals surface area contributed by atoms with Gasteiger partial charge in [-0.3, -0.25) is 10.1 Å². The highest BCUT2D eigenvalue weighted by Gasteiger charge is 2.29. The van der Waals surface area contributed by atoms with Gasteiger partial charge in [-0.25, -0.2) is 0 Å². The predicted molar refractivity (Wildman–Crippen MR) is 65.2 cm³/mol. The first-order chi connectivity index (χ1) is 8.08. The Balaban J connectivity index is 1.98. The molecule has 1 fully saturated rings. The van der Waals surface area contributed by atoms with Crippen molar-refractivity contribution in [1.29, 1.82) is 0 Å². The molecule has 1 aromatic carbocycles. The third-order valence-corrected chi connectivity index (χ3v) is 3.47. The summed E-state index contributed by atoms with van der Waals surface area (Å²) in [5.41, 5.74) is 0.860. The van der Waals surface area contributed by atoms with E-state index in [0.717, 1.165) is 18.4 Å². The van der Waals surface area contributed by atoms with E-state index >= 15 is 0 Å². The summed E-state index contributed by atoms with van der Waals surface area (Å²) < 4.78 is 0. The molecule has 0 radical (unpaired) electrons. The number of nitrogens with zero attached hydrogens (tertiary/aromatic N) is 1. The molecule has 2 rings (SSSR count). The van der Waals surface area contributed by atoms with E-state index in [9.17, 15) is 15.2 Å². The molecular weight excluding hydrogens is 242 g/mol. The molecule has 1 saturated carbocycles. The fraction of sp³-hybridized carbons (Fsp3) is 0.500. The summed E-state index contributed by atoms with van der Waals surface area (Å²) >= 11 is 5.97. The zero-order valence-electron chi connectivity index (χ0n) is 9.30. The Morgan fingerprint density at radius 2 is 2.24 bits per heavy atom. The summed E-state index contributed by atoms with van der Waals surface area (Å²) in [4.78, 5) is 10.1. The maximum atomic E-state index is 10.5. The third-order valence-electron chi connectivity index (χ3n) is 3.12. The van der Waals surface area contributed by atoms with Crippen LogP contribution in [0, 0.1) is 16.0 Å². The summed E-state index contributed by atoms with van der Waals surface area (Å²) in [6, 6.07) is 4.48. The van der Waals surface area contributed by atoms with Crippen LogP contribution in [0.2, 0.25) is 5.02 Å². The van der Waals surface area contributed by atoms with Gasteiger partial charge < -0.3 is 5.11 Å². The van der Waals surface area contributed by atoms with Gasteiger partial charge in [0.2, 0.25) is 0 Å². The second-order valence-corrected chi connectivity index (χ2v) is 4.88. The summed E-state index contributed by atoms with van der Waals surface area (Å²) in [6.45, 7) is 0. The summed E-state index contributed by atoms with van der Waals surface area (Å²) in [6.07, 6.45) is 3.28. The van der Waals surface area contributed by atoms with E-state index in [1.807, 2.05) is 0 Å². The molecule has 1 aliphatic carbocycles. The van der Waals surface area contributed by atoms with Gasteiger partial charge in [0, 0.05) is 12.1 Å². The minimum absolute atomic E-state index is 0.00138.